The van der Waals surface area contributed by atoms with E-state index in [0.29, 0.717) is 0 Å². The highest BCUT2D eigenvalue weighted by molar-refractivity contribution is 7.26. The highest BCUT2D eigenvalue weighted by Gasteiger charge is 2.26. The number of rotatable bonds is 6. The second-order valence-electron chi connectivity index (χ2n) is 18.8. The Morgan fingerprint density at radius 2 is 0.935 bits per heavy atom. The van der Waals surface area contributed by atoms with E-state index in [1.807, 2.05) is 11.3 Å². The summed E-state index contributed by atoms with van der Waals surface area (Å²) in [5.74, 6) is 0. The van der Waals surface area contributed by atoms with Crippen LogP contribution in [0.1, 0.15) is 70.7 Å². The van der Waals surface area contributed by atoms with Crippen LogP contribution in [0.3, 0.4) is 0 Å². The molecule has 0 nitrogen and oxygen atoms in total. The summed E-state index contributed by atoms with van der Waals surface area (Å²) < 4.78 is 2.57. The minimum absolute atomic E-state index is 0.00485. The van der Waals surface area contributed by atoms with Crippen molar-refractivity contribution in [2.75, 3.05) is 0 Å². The molecule has 0 fully saturated rings. The van der Waals surface area contributed by atoms with Crippen LogP contribution in [0.4, 0.5) is 0 Å². The van der Waals surface area contributed by atoms with E-state index in [4.69, 9.17) is 0 Å². The first-order valence-corrected chi connectivity index (χ1v) is 22.7. The van der Waals surface area contributed by atoms with E-state index >= 15 is 0 Å². The summed E-state index contributed by atoms with van der Waals surface area (Å²) in [5.41, 5.74) is 15.1. The molecule has 0 radical (unpaired) electrons. The molecule has 0 aliphatic rings. The van der Waals surface area contributed by atoms with Gasteiger partial charge in [0, 0.05) is 20.2 Å². The third-order valence-corrected chi connectivity index (χ3v) is 14.0. The topological polar surface area (TPSA) is 0 Å². The first-order chi connectivity index (χ1) is 30.0. The van der Waals surface area contributed by atoms with Crippen LogP contribution >= 0.6 is 11.3 Å². The van der Waals surface area contributed by atoms with Gasteiger partial charge in [0.1, 0.15) is 0 Å². The Morgan fingerprint density at radius 3 is 1.47 bits per heavy atom. The Morgan fingerprint density at radius 1 is 0.419 bits per heavy atom. The molecule has 1 heterocycles. The van der Waals surface area contributed by atoms with Gasteiger partial charge in [0.25, 0.3) is 0 Å². The molecule has 0 aliphatic heterocycles. The number of hydrogen-bond acceptors (Lipinski definition) is 1. The quantitative estimate of drug-likeness (QED) is 0.147. The second kappa shape index (κ2) is 15.1. The Labute approximate surface area is 370 Å². The average molecular weight is 817 g/mol. The van der Waals surface area contributed by atoms with Crippen LogP contribution in [0.25, 0.3) is 109 Å². The maximum atomic E-state index is 4.53. The molecule has 0 spiro atoms. The van der Waals surface area contributed by atoms with E-state index in [-0.39, 0.29) is 10.8 Å². The van der Waals surface area contributed by atoms with Crippen molar-refractivity contribution >= 4 is 76.0 Å². The summed E-state index contributed by atoms with van der Waals surface area (Å²) in [6.07, 6.45) is 6.59. The summed E-state index contributed by atoms with van der Waals surface area (Å²) in [7, 11) is 0. The zero-order chi connectivity index (χ0) is 42.9. The van der Waals surface area contributed by atoms with E-state index in [0.717, 1.165) is 5.56 Å². The molecule has 1 heteroatoms. The number of fused-ring (bicyclic) bond motifs is 6. The number of hydrogen-bond donors (Lipinski definition) is 0. The highest BCUT2D eigenvalue weighted by Crippen LogP contribution is 2.50. The van der Waals surface area contributed by atoms with Gasteiger partial charge < -0.3 is 0 Å². The monoisotopic (exact) mass is 816 g/mol. The van der Waals surface area contributed by atoms with Gasteiger partial charge in [-0.25, -0.2) is 0 Å². The van der Waals surface area contributed by atoms with E-state index < -0.39 is 0 Å². The molecule has 62 heavy (non-hydrogen) atoms. The Bertz CT molecular complexity index is 3340. The maximum Gasteiger partial charge on any atom is 0.0361 e. The van der Waals surface area contributed by atoms with Gasteiger partial charge in [-0.3, -0.25) is 0 Å². The van der Waals surface area contributed by atoms with Gasteiger partial charge in [-0.2, -0.15) is 0 Å². The minimum atomic E-state index is -0.00485. The minimum Gasteiger partial charge on any atom is -0.135 e. The van der Waals surface area contributed by atoms with Crippen LogP contribution in [0.5, 0.6) is 0 Å². The summed E-state index contributed by atoms with van der Waals surface area (Å²) in [6, 6.07) is 59.1. The third kappa shape index (κ3) is 6.50. The molecule has 0 saturated heterocycles. The highest BCUT2D eigenvalue weighted by atomic mass is 32.1. The molecule has 9 aromatic carbocycles. The Kier molecular flexibility index (Phi) is 9.65. The van der Waals surface area contributed by atoms with Crippen molar-refractivity contribution in [3.63, 3.8) is 0 Å². The number of benzene rings is 9. The molecule has 302 valence electrons. The first kappa shape index (κ1) is 39.6. The Hall–Kier alpha value is -6.54. The lowest BCUT2D eigenvalue weighted by Gasteiger charge is -2.28. The largest absolute Gasteiger partial charge is 0.135 e. The zero-order valence-electron chi connectivity index (χ0n) is 36.9. The first-order valence-electron chi connectivity index (χ1n) is 21.9. The molecule has 1 aromatic heterocycles. The number of thiophene rings is 1. The van der Waals surface area contributed by atoms with Crippen molar-refractivity contribution < 1.29 is 0 Å². The zero-order valence-corrected chi connectivity index (χ0v) is 37.7. The van der Waals surface area contributed by atoms with Gasteiger partial charge in [0.05, 0.1) is 0 Å². The smallest absolute Gasteiger partial charge is 0.0361 e. The van der Waals surface area contributed by atoms with E-state index in [2.05, 4.69) is 231 Å². The van der Waals surface area contributed by atoms with Gasteiger partial charge in [-0.15, -0.1) is 11.3 Å². The van der Waals surface area contributed by atoms with Crippen molar-refractivity contribution in [3.8, 4) is 44.5 Å². The molecule has 0 unspecified atom stereocenters. The fourth-order valence-electron chi connectivity index (χ4n) is 9.81. The van der Waals surface area contributed by atoms with Crippen LogP contribution in [-0.4, -0.2) is 0 Å². The van der Waals surface area contributed by atoms with Crippen LogP contribution in [0.15, 0.2) is 170 Å². The predicted octanol–water partition coefficient (Wildman–Crippen LogP) is 18.5. The predicted molar refractivity (Wildman–Crippen MR) is 276 cm³/mol. The maximum absolute atomic E-state index is 4.53. The normalized spacial score (nSPS) is 12.4. The van der Waals surface area contributed by atoms with Crippen LogP contribution in [-0.2, 0) is 10.8 Å². The van der Waals surface area contributed by atoms with E-state index in [1.54, 1.807) is 0 Å². The van der Waals surface area contributed by atoms with Gasteiger partial charge in [-0.1, -0.05) is 212 Å². The van der Waals surface area contributed by atoms with E-state index in [9.17, 15) is 0 Å². The number of allylic oxidation sites excluding steroid dienone is 1. The SMILES string of the molecule is C=Cc1c(/C=C\C)c(-c2cc(C(C)(C)C)cc(C(C)(C)C)c2)c2ccccc2c1-c1cccc2sc3cc(-c4c5ccccc5c(-c5ccccc5)c5ccccc45)ccc3c12. The van der Waals surface area contributed by atoms with Gasteiger partial charge in [-0.05, 0) is 129 Å². The van der Waals surface area contributed by atoms with Crippen molar-refractivity contribution in [1.82, 2.24) is 0 Å². The summed E-state index contributed by atoms with van der Waals surface area (Å²) in [6.45, 7) is 20.6. The molecular weight excluding hydrogens is 765 g/mol. The molecular formula is C61H52S. The molecule has 0 atom stereocenters. The molecule has 0 N–H and O–H groups in total. The van der Waals surface area contributed by atoms with Crippen LogP contribution < -0.4 is 0 Å². The molecule has 10 aromatic rings. The molecule has 0 amide bonds. The second-order valence-corrected chi connectivity index (χ2v) is 19.9. The average Bonchev–Trinajstić information content (AvgIpc) is 3.65. The fraction of sp³-hybridized carbons (Fsp3) is 0.148. The molecule has 0 saturated carbocycles. The van der Waals surface area contributed by atoms with E-state index in [1.165, 1.54) is 114 Å². The standard InChI is InChI=1S/C61H52S/c1-9-21-44-43(10-2)58(50-29-19-18-28-49(50)57(44)40-34-41(60(3,4)5)37-42(35-40)61(6,7)8)52-30-20-31-53-59(52)51-33-32-39(36-54(51)62-53)56-47-26-16-14-24-45(47)55(38-22-12-11-13-23-38)46-25-15-17-27-48(46)56/h9-37H,2H2,1,3-8H3/b21-9-. The molecule has 0 bridgehead atoms. The molecule has 0 aliphatic carbocycles. The van der Waals surface area contributed by atoms with Crippen molar-refractivity contribution in [3.05, 3.63) is 193 Å². The van der Waals surface area contributed by atoms with Gasteiger partial charge >= 0.3 is 0 Å². The van der Waals surface area contributed by atoms with Crippen molar-refractivity contribution in [2.45, 2.75) is 59.3 Å². The van der Waals surface area contributed by atoms with Gasteiger partial charge in [0.2, 0.25) is 0 Å². The third-order valence-electron chi connectivity index (χ3n) is 12.8. The molecule has 10 rings (SSSR count). The van der Waals surface area contributed by atoms with Crippen molar-refractivity contribution in [1.29, 1.82) is 0 Å². The van der Waals surface area contributed by atoms with Crippen molar-refractivity contribution in [2.24, 2.45) is 0 Å². The summed E-state index contributed by atoms with van der Waals surface area (Å²) >= 11 is 1.89. The Balaban J connectivity index is 1.23. The fourth-order valence-corrected chi connectivity index (χ4v) is 11.0. The van der Waals surface area contributed by atoms with Crippen LogP contribution in [0, 0.1) is 0 Å². The summed E-state index contributed by atoms with van der Waals surface area (Å²) in [5, 5.41) is 10.2. The lowest BCUT2D eigenvalue weighted by atomic mass is 9.77. The van der Waals surface area contributed by atoms with Crippen LogP contribution in [0.2, 0.25) is 0 Å². The lowest BCUT2D eigenvalue weighted by molar-refractivity contribution is 0.569. The lowest BCUT2D eigenvalue weighted by Crippen LogP contribution is -2.16. The summed E-state index contributed by atoms with van der Waals surface area (Å²) in [4.78, 5) is 0. The van der Waals surface area contributed by atoms with Gasteiger partial charge in [0.15, 0.2) is 0 Å².